The predicted molar refractivity (Wildman–Crippen MR) is 75.9 cm³/mol. The van der Waals surface area contributed by atoms with Gasteiger partial charge in [-0.05, 0) is 58.5 Å². The molecule has 0 radical (unpaired) electrons. The van der Waals surface area contributed by atoms with E-state index in [2.05, 4.69) is 42.8 Å². The standard InChI is InChI=1S/C11H6ClIN4O/c12-11-15-9-8(5-14-17-9)10(16-11)18-7-3-1-6(13)2-4-7/h1-5H,(H,14,15,16,17). The van der Waals surface area contributed by atoms with Crippen molar-refractivity contribution in [2.45, 2.75) is 0 Å². The van der Waals surface area contributed by atoms with Crippen LogP contribution >= 0.6 is 34.2 Å². The van der Waals surface area contributed by atoms with E-state index in [-0.39, 0.29) is 5.28 Å². The van der Waals surface area contributed by atoms with E-state index in [0.717, 1.165) is 3.57 Å². The summed E-state index contributed by atoms with van der Waals surface area (Å²) in [7, 11) is 0. The van der Waals surface area contributed by atoms with Crippen molar-refractivity contribution in [2.24, 2.45) is 0 Å². The maximum absolute atomic E-state index is 5.82. The molecule has 2 heterocycles. The predicted octanol–water partition coefficient (Wildman–Crippen LogP) is 3.40. The van der Waals surface area contributed by atoms with Crippen molar-refractivity contribution in [1.82, 2.24) is 20.2 Å². The van der Waals surface area contributed by atoms with Crippen molar-refractivity contribution >= 4 is 45.2 Å². The quantitative estimate of drug-likeness (QED) is 0.553. The molecule has 3 aromatic rings. The highest BCUT2D eigenvalue weighted by molar-refractivity contribution is 14.1. The summed E-state index contributed by atoms with van der Waals surface area (Å²) in [5.74, 6) is 1.08. The Morgan fingerprint density at radius 3 is 2.72 bits per heavy atom. The minimum absolute atomic E-state index is 0.118. The van der Waals surface area contributed by atoms with Crippen molar-refractivity contribution < 1.29 is 4.74 Å². The number of fused-ring (bicyclic) bond motifs is 1. The smallest absolute Gasteiger partial charge is 0.234 e. The maximum atomic E-state index is 5.82. The highest BCUT2D eigenvalue weighted by atomic mass is 127. The van der Waals surface area contributed by atoms with Crippen LogP contribution in [0.4, 0.5) is 0 Å². The van der Waals surface area contributed by atoms with Crippen molar-refractivity contribution in [3.8, 4) is 11.6 Å². The Morgan fingerprint density at radius 2 is 1.94 bits per heavy atom. The lowest BCUT2D eigenvalue weighted by atomic mass is 10.3. The first-order chi connectivity index (χ1) is 8.72. The van der Waals surface area contributed by atoms with Crippen LogP contribution in [0, 0.1) is 3.57 Å². The molecule has 3 rings (SSSR count). The van der Waals surface area contributed by atoms with E-state index < -0.39 is 0 Å². The molecule has 0 aliphatic carbocycles. The molecule has 0 amide bonds. The third-order valence-electron chi connectivity index (χ3n) is 2.28. The number of nitrogens with one attached hydrogen (secondary N) is 1. The molecule has 0 aliphatic heterocycles. The fourth-order valence-corrected chi connectivity index (χ4v) is 2.00. The molecule has 18 heavy (non-hydrogen) atoms. The van der Waals surface area contributed by atoms with Gasteiger partial charge in [-0.2, -0.15) is 15.1 Å². The van der Waals surface area contributed by atoms with Crippen LogP contribution in [0.15, 0.2) is 30.5 Å². The van der Waals surface area contributed by atoms with Gasteiger partial charge in [-0.25, -0.2) is 0 Å². The molecule has 90 valence electrons. The molecule has 0 aliphatic rings. The lowest BCUT2D eigenvalue weighted by molar-refractivity contribution is 0.468. The van der Waals surface area contributed by atoms with Gasteiger partial charge in [0.05, 0.1) is 6.20 Å². The van der Waals surface area contributed by atoms with Gasteiger partial charge in [-0.15, -0.1) is 0 Å². The van der Waals surface area contributed by atoms with Crippen LogP contribution in [-0.4, -0.2) is 20.2 Å². The van der Waals surface area contributed by atoms with E-state index in [4.69, 9.17) is 16.3 Å². The summed E-state index contributed by atoms with van der Waals surface area (Å²) in [5.41, 5.74) is 0.551. The van der Waals surface area contributed by atoms with E-state index in [0.29, 0.717) is 22.7 Å². The number of hydrogen-bond donors (Lipinski definition) is 1. The SMILES string of the molecule is Clc1nc(Oc2ccc(I)cc2)c2cn[nH]c2n1. The van der Waals surface area contributed by atoms with Crippen molar-refractivity contribution in [2.75, 3.05) is 0 Å². The number of benzene rings is 1. The minimum atomic E-state index is 0.118. The molecular weight excluding hydrogens is 367 g/mol. The van der Waals surface area contributed by atoms with Gasteiger partial charge in [0.2, 0.25) is 11.2 Å². The second kappa shape index (κ2) is 4.69. The Morgan fingerprint density at radius 1 is 1.17 bits per heavy atom. The van der Waals surface area contributed by atoms with Gasteiger partial charge in [0, 0.05) is 3.57 Å². The molecule has 0 fully saturated rings. The molecule has 0 spiro atoms. The molecule has 0 atom stereocenters. The Hall–Kier alpha value is -1.41. The summed E-state index contributed by atoms with van der Waals surface area (Å²) in [6.45, 7) is 0. The molecule has 0 bridgehead atoms. The van der Waals surface area contributed by atoms with E-state index >= 15 is 0 Å². The van der Waals surface area contributed by atoms with Crippen molar-refractivity contribution in [1.29, 1.82) is 0 Å². The van der Waals surface area contributed by atoms with Gasteiger partial charge in [-0.3, -0.25) is 5.10 Å². The van der Waals surface area contributed by atoms with Gasteiger partial charge in [0.15, 0.2) is 5.65 Å². The first-order valence-electron chi connectivity index (χ1n) is 5.02. The summed E-state index contributed by atoms with van der Waals surface area (Å²) in [4.78, 5) is 8.07. The summed E-state index contributed by atoms with van der Waals surface area (Å²) in [6.07, 6.45) is 1.60. The molecule has 7 heteroatoms. The first kappa shape index (κ1) is 11.7. The molecule has 2 aromatic heterocycles. The third-order valence-corrected chi connectivity index (χ3v) is 3.16. The van der Waals surface area contributed by atoms with Crippen molar-refractivity contribution in [3.05, 3.63) is 39.3 Å². The zero-order valence-electron chi connectivity index (χ0n) is 8.89. The fourth-order valence-electron chi connectivity index (χ4n) is 1.47. The lowest BCUT2D eigenvalue weighted by Gasteiger charge is -2.05. The first-order valence-corrected chi connectivity index (χ1v) is 6.48. The van der Waals surface area contributed by atoms with Crippen LogP contribution in [0.1, 0.15) is 0 Å². The molecular formula is C11H6ClIN4O. The highest BCUT2D eigenvalue weighted by Crippen LogP contribution is 2.27. The lowest BCUT2D eigenvalue weighted by Crippen LogP contribution is -1.92. The normalized spacial score (nSPS) is 10.8. The van der Waals surface area contributed by atoms with Crippen LogP contribution in [0.25, 0.3) is 11.0 Å². The monoisotopic (exact) mass is 372 g/mol. The fraction of sp³-hybridized carbons (Fsp3) is 0. The number of nitrogens with zero attached hydrogens (tertiary/aromatic N) is 3. The number of aromatic amines is 1. The number of rotatable bonds is 2. The second-order valence-corrected chi connectivity index (χ2v) is 5.07. The average Bonchev–Trinajstić information content (AvgIpc) is 2.80. The number of ether oxygens (including phenoxy) is 1. The Kier molecular flexibility index (Phi) is 3.04. The molecule has 0 unspecified atom stereocenters. The van der Waals surface area contributed by atoms with Crippen molar-refractivity contribution in [3.63, 3.8) is 0 Å². The summed E-state index contributed by atoms with van der Waals surface area (Å²) in [5, 5.41) is 7.43. The molecule has 0 saturated carbocycles. The highest BCUT2D eigenvalue weighted by Gasteiger charge is 2.10. The van der Waals surface area contributed by atoms with Gasteiger partial charge >= 0.3 is 0 Å². The van der Waals surface area contributed by atoms with E-state index in [1.165, 1.54) is 0 Å². The Balaban J connectivity index is 2.03. The number of halogens is 2. The van der Waals surface area contributed by atoms with E-state index in [1.54, 1.807) is 6.20 Å². The average molecular weight is 373 g/mol. The topological polar surface area (TPSA) is 63.7 Å². The van der Waals surface area contributed by atoms with Gasteiger partial charge < -0.3 is 4.74 Å². The van der Waals surface area contributed by atoms with Crippen LogP contribution in [0.2, 0.25) is 5.28 Å². The van der Waals surface area contributed by atoms with E-state index in [9.17, 15) is 0 Å². The summed E-state index contributed by atoms with van der Waals surface area (Å²) in [6, 6.07) is 7.63. The second-order valence-electron chi connectivity index (χ2n) is 3.49. The summed E-state index contributed by atoms with van der Waals surface area (Å²) < 4.78 is 6.82. The Labute approximate surface area is 121 Å². The van der Waals surface area contributed by atoms with Crippen LogP contribution in [-0.2, 0) is 0 Å². The molecule has 1 aromatic carbocycles. The molecule has 5 nitrogen and oxygen atoms in total. The largest absolute Gasteiger partial charge is 0.438 e. The van der Waals surface area contributed by atoms with Crippen LogP contribution < -0.4 is 4.74 Å². The van der Waals surface area contributed by atoms with Crippen LogP contribution in [0.3, 0.4) is 0 Å². The van der Waals surface area contributed by atoms with Crippen LogP contribution in [0.5, 0.6) is 11.6 Å². The minimum Gasteiger partial charge on any atom is -0.438 e. The third kappa shape index (κ3) is 2.25. The zero-order valence-corrected chi connectivity index (χ0v) is 11.8. The number of aromatic nitrogens is 4. The number of H-pyrrole nitrogens is 1. The van der Waals surface area contributed by atoms with Gasteiger partial charge in [0.25, 0.3) is 0 Å². The summed E-state index contributed by atoms with van der Waals surface area (Å²) >= 11 is 8.05. The van der Waals surface area contributed by atoms with E-state index in [1.807, 2.05) is 24.3 Å². The maximum Gasteiger partial charge on any atom is 0.234 e. The molecule has 0 saturated heterocycles. The van der Waals surface area contributed by atoms with Gasteiger partial charge in [-0.1, -0.05) is 0 Å². The zero-order chi connectivity index (χ0) is 12.5. The van der Waals surface area contributed by atoms with Gasteiger partial charge in [0.1, 0.15) is 11.1 Å². The number of hydrogen-bond acceptors (Lipinski definition) is 4. The Bertz CT molecular complexity index is 698. The molecule has 1 N–H and O–H groups in total.